The molecule has 0 aliphatic carbocycles. The molecule has 0 aliphatic rings. The molecule has 0 bridgehead atoms. The number of aryl methyl sites for hydroxylation is 1. The highest BCUT2D eigenvalue weighted by Crippen LogP contribution is 2.24. The van der Waals surface area contributed by atoms with Crippen LogP contribution < -0.4 is 0 Å². The molecule has 17 heavy (non-hydrogen) atoms. The van der Waals surface area contributed by atoms with Gasteiger partial charge in [0, 0.05) is 5.92 Å². The number of esters is 1. The average molecular weight is 239 g/mol. The van der Waals surface area contributed by atoms with Crippen LogP contribution >= 0.6 is 0 Å². The van der Waals surface area contributed by atoms with Crippen molar-refractivity contribution >= 4 is 5.97 Å². The second-order valence-corrected chi connectivity index (χ2v) is 5.21. The number of nitrogens with zero attached hydrogens (tertiary/aromatic N) is 1. The number of aromatic nitrogens is 1. The van der Waals surface area contributed by atoms with Gasteiger partial charge in [0.1, 0.15) is 6.26 Å². The van der Waals surface area contributed by atoms with Crippen LogP contribution in [0.4, 0.5) is 0 Å². The predicted octanol–water partition coefficient (Wildman–Crippen LogP) is 2.93. The summed E-state index contributed by atoms with van der Waals surface area (Å²) in [5, 5.41) is 0. The van der Waals surface area contributed by atoms with E-state index in [9.17, 15) is 4.79 Å². The van der Waals surface area contributed by atoms with Gasteiger partial charge in [-0.2, -0.15) is 0 Å². The van der Waals surface area contributed by atoms with Crippen molar-refractivity contribution in [1.82, 2.24) is 4.98 Å². The van der Waals surface area contributed by atoms with Gasteiger partial charge in [0.05, 0.1) is 18.2 Å². The summed E-state index contributed by atoms with van der Waals surface area (Å²) in [5.41, 5.74) is 0.414. The number of oxazole rings is 1. The molecule has 0 amide bonds. The summed E-state index contributed by atoms with van der Waals surface area (Å²) >= 11 is 0. The van der Waals surface area contributed by atoms with Crippen molar-refractivity contribution in [3.8, 4) is 0 Å². The molecule has 0 aromatic carbocycles. The first-order valence-corrected chi connectivity index (χ1v) is 5.89. The van der Waals surface area contributed by atoms with Gasteiger partial charge in [-0.1, -0.05) is 13.8 Å². The third kappa shape index (κ3) is 3.58. The zero-order valence-corrected chi connectivity index (χ0v) is 11.2. The maximum Gasteiger partial charge on any atom is 0.311 e. The Balaban J connectivity index is 2.58. The lowest BCUT2D eigenvalue weighted by Crippen LogP contribution is -2.26. The Bertz CT molecular complexity index is 380. The smallest absolute Gasteiger partial charge is 0.311 e. The predicted molar refractivity (Wildman–Crippen MR) is 64.7 cm³/mol. The third-order valence-corrected chi connectivity index (χ3v) is 2.81. The van der Waals surface area contributed by atoms with Crippen molar-refractivity contribution in [2.45, 2.75) is 46.5 Å². The van der Waals surface area contributed by atoms with Crippen LogP contribution in [0.5, 0.6) is 0 Å². The van der Waals surface area contributed by atoms with Crippen LogP contribution in [0.3, 0.4) is 0 Å². The van der Waals surface area contributed by atoms with Gasteiger partial charge < -0.3 is 9.15 Å². The lowest BCUT2D eigenvalue weighted by atomic mass is 9.87. The zero-order valence-electron chi connectivity index (χ0n) is 11.2. The zero-order chi connectivity index (χ0) is 13.1. The number of methoxy groups -OCH3 is 1. The monoisotopic (exact) mass is 239 g/mol. The van der Waals surface area contributed by atoms with E-state index in [1.807, 2.05) is 27.7 Å². The number of hydrogen-bond donors (Lipinski definition) is 0. The molecule has 0 radical (unpaired) electrons. The van der Waals surface area contributed by atoms with E-state index >= 15 is 0 Å². The summed E-state index contributed by atoms with van der Waals surface area (Å²) in [6.07, 6.45) is 3.09. The molecule has 0 atom stereocenters. The van der Waals surface area contributed by atoms with Gasteiger partial charge in [-0.3, -0.25) is 4.79 Å². The number of ether oxygens (including phenoxy) is 1. The minimum Gasteiger partial charge on any atom is -0.469 e. The Hall–Kier alpha value is -1.32. The van der Waals surface area contributed by atoms with Gasteiger partial charge in [-0.25, -0.2) is 4.98 Å². The maximum atomic E-state index is 11.5. The Labute approximate surface area is 102 Å². The molecular formula is C13H21NO3. The van der Waals surface area contributed by atoms with Crippen molar-refractivity contribution < 1.29 is 13.9 Å². The largest absolute Gasteiger partial charge is 0.469 e. The molecule has 0 unspecified atom stereocenters. The van der Waals surface area contributed by atoms with E-state index in [-0.39, 0.29) is 11.9 Å². The highest BCUT2D eigenvalue weighted by molar-refractivity contribution is 5.75. The van der Waals surface area contributed by atoms with E-state index in [0.717, 1.165) is 18.0 Å². The van der Waals surface area contributed by atoms with Gasteiger partial charge >= 0.3 is 5.97 Å². The molecule has 4 nitrogen and oxygen atoms in total. The lowest BCUT2D eigenvalue weighted by molar-refractivity contribution is -0.151. The third-order valence-electron chi connectivity index (χ3n) is 2.81. The summed E-state index contributed by atoms with van der Waals surface area (Å²) < 4.78 is 10.1. The molecule has 1 heterocycles. The summed E-state index contributed by atoms with van der Waals surface area (Å²) in [5.74, 6) is 0.846. The van der Waals surface area contributed by atoms with E-state index < -0.39 is 5.41 Å². The van der Waals surface area contributed by atoms with Crippen LogP contribution in [0.1, 0.15) is 51.6 Å². The molecule has 0 fully saturated rings. The molecule has 0 aliphatic heterocycles. The second kappa shape index (κ2) is 5.34. The topological polar surface area (TPSA) is 52.3 Å². The Morgan fingerprint density at radius 1 is 1.53 bits per heavy atom. The van der Waals surface area contributed by atoms with Crippen LogP contribution in [0.15, 0.2) is 10.7 Å². The second-order valence-electron chi connectivity index (χ2n) is 5.21. The van der Waals surface area contributed by atoms with E-state index in [2.05, 4.69) is 4.98 Å². The summed E-state index contributed by atoms with van der Waals surface area (Å²) in [6.45, 7) is 7.83. The molecule has 1 aromatic rings. The lowest BCUT2D eigenvalue weighted by Gasteiger charge is -2.20. The van der Waals surface area contributed by atoms with E-state index in [0.29, 0.717) is 6.42 Å². The van der Waals surface area contributed by atoms with Crippen molar-refractivity contribution in [3.05, 3.63) is 17.8 Å². The van der Waals surface area contributed by atoms with E-state index in [4.69, 9.17) is 9.15 Å². The van der Waals surface area contributed by atoms with Crippen LogP contribution in [0.25, 0.3) is 0 Å². The number of carbonyl (C=O) groups excluding carboxylic acids is 1. The molecule has 0 saturated carbocycles. The Kier molecular flexibility index (Phi) is 4.32. The van der Waals surface area contributed by atoms with Crippen LogP contribution in [-0.2, 0) is 16.0 Å². The highest BCUT2D eigenvalue weighted by Gasteiger charge is 2.28. The fourth-order valence-electron chi connectivity index (χ4n) is 1.52. The molecule has 0 saturated heterocycles. The number of hydrogen-bond acceptors (Lipinski definition) is 4. The Morgan fingerprint density at radius 3 is 2.65 bits per heavy atom. The molecule has 0 N–H and O–H groups in total. The first-order chi connectivity index (χ1) is 7.86. The fourth-order valence-corrected chi connectivity index (χ4v) is 1.52. The van der Waals surface area contributed by atoms with Gasteiger partial charge in [-0.05, 0) is 26.7 Å². The standard InChI is InChI=1S/C13H21NO3/c1-9(2)11-14-10(8-17-11)6-7-13(3,4)12(15)16-5/h8-9H,6-7H2,1-5H3. The SMILES string of the molecule is COC(=O)C(C)(C)CCc1coc(C(C)C)n1. The first-order valence-electron chi connectivity index (χ1n) is 5.89. The Morgan fingerprint density at radius 2 is 2.18 bits per heavy atom. The maximum absolute atomic E-state index is 11.5. The van der Waals surface area contributed by atoms with Gasteiger partial charge in [-0.15, -0.1) is 0 Å². The van der Waals surface area contributed by atoms with Crippen molar-refractivity contribution in [1.29, 1.82) is 0 Å². The van der Waals surface area contributed by atoms with Crippen LogP contribution in [0, 0.1) is 5.41 Å². The molecule has 4 heteroatoms. The summed E-state index contributed by atoms with van der Waals surface area (Å²) in [7, 11) is 1.41. The molecule has 96 valence electrons. The molecule has 1 rings (SSSR count). The molecule has 0 spiro atoms. The van der Waals surface area contributed by atoms with Crippen LogP contribution in [0.2, 0.25) is 0 Å². The van der Waals surface area contributed by atoms with Crippen molar-refractivity contribution in [3.63, 3.8) is 0 Å². The normalized spacial score (nSPS) is 11.9. The average Bonchev–Trinajstić information content (AvgIpc) is 2.74. The fraction of sp³-hybridized carbons (Fsp3) is 0.692. The quantitative estimate of drug-likeness (QED) is 0.741. The van der Waals surface area contributed by atoms with Gasteiger partial charge in [0.25, 0.3) is 0 Å². The molecule has 1 aromatic heterocycles. The van der Waals surface area contributed by atoms with Crippen molar-refractivity contribution in [2.75, 3.05) is 7.11 Å². The van der Waals surface area contributed by atoms with E-state index in [1.54, 1.807) is 6.26 Å². The number of carbonyl (C=O) groups is 1. The summed E-state index contributed by atoms with van der Waals surface area (Å²) in [6, 6.07) is 0. The van der Waals surface area contributed by atoms with E-state index in [1.165, 1.54) is 7.11 Å². The number of rotatable bonds is 5. The van der Waals surface area contributed by atoms with Gasteiger partial charge in [0.2, 0.25) is 0 Å². The van der Waals surface area contributed by atoms with Gasteiger partial charge in [0.15, 0.2) is 5.89 Å². The minimum absolute atomic E-state index is 0.190. The van der Waals surface area contributed by atoms with Crippen molar-refractivity contribution in [2.24, 2.45) is 5.41 Å². The molecular weight excluding hydrogens is 218 g/mol. The highest BCUT2D eigenvalue weighted by atomic mass is 16.5. The minimum atomic E-state index is -0.480. The summed E-state index contributed by atoms with van der Waals surface area (Å²) in [4.78, 5) is 15.9. The van der Waals surface area contributed by atoms with Crippen LogP contribution in [-0.4, -0.2) is 18.1 Å². The first kappa shape index (κ1) is 13.7.